The fourth-order valence-electron chi connectivity index (χ4n) is 3.86. The van der Waals surface area contributed by atoms with Crippen LogP contribution in [0.15, 0.2) is 17.0 Å². The molecule has 1 saturated heterocycles. The minimum atomic E-state index is -4.00. The zero-order valence-electron chi connectivity index (χ0n) is 15.9. The largest absolute Gasteiger partial charge is 0.493 e. The van der Waals surface area contributed by atoms with Crippen molar-refractivity contribution in [3.8, 4) is 11.5 Å². The smallest absolute Gasteiger partial charge is 0.255 e. The maximum Gasteiger partial charge on any atom is 0.255 e. The number of hydrogen-bond acceptors (Lipinski definition) is 6. The molecule has 9 heteroatoms. The van der Waals surface area contributed by atoms with Gasteiger partial charge in [-0.15, -0.1) is 0 Å². The number of nitrogens with two attached hydrogens (primary N) is 1. The van der Waals surface area contributed by atoms with Crippen molar-refractivity contribution in [1.82, 2.24) is 10.2 Å². The number of nitrogens with one attached hydrogen (secondary N) is 1. The van der Waals surface area contributed by atoms with Crippen LogP contribution < -0.4 is 19.9 Å². The summed E-state index contributed by atoms with van der Waals surface area (Å²) in [7, 11) is -1.22. The number of amides is 1. The predicted octanol–water partition coefficient (Wildman–Crippen LogP) is 1.10. The van der Waals surface area contributed by atoms with Crippen molar-refractivity contribution in [2.45, 2.75) is 55.6 Å². The number of methoxy groups -OCH3 is 2. The summed E-state index contributed by atoms with van der Waals surface area (Å²) >= 11 is 0. The quantitative estimate of drug-likeness (QED) is 0.713. The van der Waals surface area contributed by atoms with E-state index in [1.165, 1.54) is 39.2 Å². The minimum Gasteiger partial charge on any atom is -0.493 e. The Bertz CT molecular complexity index is 823. The van der Waals surface area contributed by atoms with Crippen LogP contribution in [0.2, 0.25) is 0 Å². The van der Waals surface area contributed by atoms with E-state index in [9.17, 15) is 13.2 Å². The summed E-state index contributed by atoms with van der Waals surface area (Å²) in [6.07, 6.45) is 4.60. The molecular weight excluding hydrogens is 370 g/mol. The topological polar surface area (TPSA) is 111 Å². The molecule has 27 heavy (non-hydrogen) atoms. The zero-order chi connectivity index (χ0) is 19.8. The van der Waals surface area contributed by atoms with Gasteiger partial charge in [-0.1, -0.05) is 0 Å². The van der Waals surface area contributed by atoms with E-state index in [4.69, 9.17) is 14.6 Å². The van der Waals surface area contributed by atoms with Gasteiger partial charge in [-0.2, -0.15) is 0 Å². The van der Waals surface area contributed by atoms with Crippen molar-refractivity contribution >= 4 is 15.9 Å². The third-order valence-corrected chi connectivity index (χ3v) is 6.21. The highest BCUT2D eigenvalue weighted by atomic mass is 32.2. The summed E-state index contributed by atoms with van der Waals surface area (Å²) in [6.45, 7) is 3.05. The molecule has 2 atom stereocenters. The highest BCUT2D eigenvalue weighted by Gasteiger charge is 2.39. The summed E-state index contributed by atoms with van der Waals surface area (Å²) in [5.41, 5.74) is 0.0868. The molecule has 2 unspecified atom stereocenters. The summed E-state index contributed by atoms with van der Waals surface area (Å²) in [5.74, 6) is -0.0897. The van der Waals surface area contributed by atoms with Crippen molar-refractivity contribution in [2.24, 2.45) is 5.14 Å². The van der Waals surface area contributed by atoms with Crippen LogP contribution in [-0.4, -0.2) is 58.1 Å². The van der Waals surface area contributed by atoms with E-state index in [1.807, 2.05) is 6.92 Å². The Morgan fingerprint density at radius 3 is 2.52 bits per heavy atom. The molecule has 3 rings (SSSR count). The van der Waals surface area contributed by atoms with Crippen LogP contribution in [0.1, 0.15) is 43.0 Å². The Hall–Kier alpha value is -1.84. The number of sulfonamides is 1. The number of benzene rings is 1. The Morgan fingerprint density at radius 2 is 1.96 bits per heavy atom. The number of likely N-dealkylation sites (tertiary alicyclic amines) is 1. The average molecular weight is 397 g/mol. The van der Waals surface area contributed by atoms with Crippen molar-refractivity contribution in [3.05, 3.63) is 17.7 Å². The number of carbonyl (C=O) groups excluding carboxylic acids is 1. The Kier molecular flexibility index (Phi) is 5.64. The van der Waals surface area contributed by atoms with Gasteiger partial charge in [-0.05, 0) is 45.2 Å². The molecule has 1 saturated carbocycles. The minimum absolute atomic E-state index is 0.0746. The van der Waals surface area contributed by atoms with E-state index in [-0.39, 0.29) is 34.0 Å². The molecule has 150 valence electrons. The lowest BCUT2D eigenvalue weighted by atomic mass is 10.1. The standard InChI is InChI=1S/C18H27N3O5S/c1-11(15-5-4-8-21(15)12-6-7-12)20-18(22)14-9-13(27(19,23)24)10-16(25-2)17(14)26-3/h9-12,15H,4-8H2,1-3H3,(H,20,22)(H2,19,23,24). The lowest BCUT2D eigenvalue weighted by Crippen LogP contribution is -2.48. The van der Waals surface area contributed by atoms with E-state index in [1.54, 1.807) is 0 Å². The lowest BCUT2D eigenvalue weighted by Gasteiger charge is -2.30. The van der Waals surface area contributed by atoms with Crippen LogP contribution in [0.25, 0.3) is 0 Å². The highest BCUT2D eigenvalue weighted by molar-refractivity contribution is 7.89. The first-order valence-corrected chi connectivity index (χ1v) is 10.7. The SMILES string of the molecule is COc1cc(S(N)(=O)=O)cc(C(=O)NC(C)C2CCCN2C2CC2)c1OC. The number of hydrogen-bond donors (Lipinski definition) is 2. The molecule has 0 aromatic heterocycles. The molecule has 0 radical (unpaired) electrons. The van der Waals surface area contributed by atoms with Crippen LogP contribution in [0.4, 0.5) is 0 Å². The van der Waals surface area contributed by atoms with Gasteiger partial charge in [0, 0.05) is 24.2 Å². The monoisotopic (exact) mass is 397 g/mol. The summed E-state index contributed by atoms with van der Waals surface area (Å²) in [4.78, 5) is 15.2. The van der Waals surface area contributed by atoms with E-state index in [0.717, 1.165) is 19.4 Å². The van der Waals surface area contributed by atoms with Gasteiger partial charge in [-0.3, -0.25) is 9.69 Å². The predicted molar refractivity (Wildman–Crippen MR) is 101 cm³/mol. The first kappa shape index (κ1) is 19.9. The normalized spacial score (nSPS) is 21.7. The second kappa shape index (κ2) is 7.65. The summed E-state index contributed by atoms with van der Waals surface area (Å²) < 4.78 is 34.0. The zero-order valence-corrected chi connectivity index (χ0v) is 16.7. The van der Waals surface area contributed by atoms with Crippen LogP contribution in [-0.2, 0) is 10.0 Å². The molecule has 1 aliphatic carbocycles. The summed E-state index contributed by atoms with van der Waals surface area (Å²) in [5, 5.41) is 8.24. The molecule has 0 bridgehead atoms. The van der Waals surface area contributed by atoms with Crippen LogP contribution in [0.3, 0.4) is 0 Å². The van der Waals surface area contributed by atoms with E-state index in [2.05, 4.69) is 10.2 Å². The van der Waals surface area contributed by atoms with Crippen LogP contribution in [0, 0.1) is 0 Å². The molecule has 1 aliphatic heterocycles. The van der Waals surface area contributed by atoms with E-state index in [0.29, 0.717) is 6.04 Å². The van der Waals surface area contributed by atoms with Gasteiger partial charge in [0.1, 0.15) is 0 Å². The van der Waals surface area contributed by atoms with E-state index < -0.39 is 15.9 Å². The molecule has 0 spiro atoms. The summed E-state index contributed by atoms with van der Waals surface area (Å²) in [6, 6.07) is 3.33. The lowest BCUT2D eigenvalue weighted by molar-refractivity contribution is 0.0906. The second-order valence-corrected chi connectivity index (χ2v) is 8.75. The van der Waals surface area contributed by atoms with Gasteiger partial charge in [0.05, 0.1) is 24.7 Å². The second-order valence-electron chi connectivity index (χ2n) is 7.19. The highest BCUT2D eigenvalue weighted by Crippen LogP contribution is 2.36. The number of rotatable bonds is 7. The Balaban J connectivity index is 1.86. The fourth-order valence-corrected chi connectivity index (χ4v) is 4.42. The number of ether oxygens (including phenoxy) is 2. The van der Waals surface area contributed by atoms with Crippen molar-refractivity contribution in [1.29, 1.82) is 0 Å². The average Bonchev–Trinajstić information content (AvgIpc) is 3.35. The number of nitrogens with zero attached hydrogens (tertiary/aromatic N) is 1. The van der Waals surface area contributed by atoms with Gasteiger partial charge < -0.3 is 14.8 Å². The van der Waals surface area contributed by atoms with Gasteiger partial charge in [-0.25, -0.2) is 13.6 Å². The molecule has 2 fully saturated rings. The Morgan fingerprint density at radius 1 is 1.26 bits per heavy atom. The van der Waals surface area contributed by atoms with Crippen LogP contribution in [0.5, 0.6) is 11.5 Å². The maximum atomic E-state index is 12.9. The third-order valence-electron chi connectivity index (χ3n) is 5.32. The molecule has 2 aliphatic rings. The third kappa shape index (κ3) is 4.20. The molecule has 1 heterocycles. The molecular formula is C18H27N3O5S. The van der Waals surface area contributed by atoms with Crippen molar-refractivity contribution in [2.75, 3.05) is 20.8 Å². The molecule has 1 aromatic rings. The Labute approximate surface area is 160 Å². The number of primary sulfonamides is 1. The molecule has 1 aromatic carbocycles. The van der Waals surface area contributed by atoms with Gasteiger partial charge in [0.25, 0.3) is 5.91 Å². The van der Waals surface area contributed by atoms with Gasteiger partial charge in [0.2, 0.25) is 10.0 Å². The first-order chi connectivity index (χ1) is 12.8. The van der Waals surface area contributed by atoms with E-state index >= 15 is 0 Å². The van der Waals surface area contributed by atoms with Crippen LogP contribution >= 0.6 is 0 Å². The molecule has 1 amide bonds. The number of carbonyl (C=O) groups is 1. The van der Waals surface area contributed by atoms with Crippen molar-refractivity contribution in [3.63, 3.8) is 0 Å². The van der Waals surface area contributed by atoms with Gasteiger partial charge in [0.15, 0.2) is 11.5 Å². The molecule has 3 N–H and O–H groups in total. The first-order valence-electron chi connectivity index (χ1n) is 9.11. The maximum absolute atomic E-state index is 12.9. The fraction of sp³-hybridized carbons (Fsp3) is 0.611. The molecule has 8 nitrogen and oxygen atoms in total. The van der Waals surface area contributed by atoms with Gasteiger partial charge >= 0.3 is 0 Å². The van der Waals surface area contributed by atoms with Crippen molar-refractivity contribution < 1.29 is 22.7 Å².